The van der Waals surface area contributed by atoms with Crippen molar-refractivity contribution in [3.8, 4) is 12.8 Å². The largest absolute Gasteiger partial charge is 0.290 e. The molecular weight excluding hydrogens is 76.1 g/mol. The Morgan fingerprint density at radius 3 is 1.50 bits per heavy atom. The van der Waals surface area contributed by atoms with Crippen LogP contribution < -0.4 is 5.43 Å². The Labute approximate surface area is 36.3 Å². The van der Waals surface area contributed by atoms with Crippen LogP contribution in [0.5, 0.6) is 0 Å². The summed E-state index contributed by atoms with van der Waals surface area (Å²) in [6, 6.07) is 3.06. The van der Waals surface area contributed by atoms with E-state index in [-0.39, 0.29) is 5.43 Å². The Morgan fingerprint density at radius 2 is 1.50 bits per heavy atom. The van der Waals surface area contributed by atoms with Crippen LogP contribution in [0.1, 0.15) is 0 Å². The van der Waals surface area contributed by atoms with Gasteiger partial charge in [0.25, 0.3) is 0 Å². The first-order valence-corrected chi connectivity index (χ1v) is 1.45. The molecule has 1 aromatic rings. The van der Waals surface area contributed by atoms with Crippen LogP contribution in [0.4, 0.5) is 0 Å². The van der Waals surface area contributed by atoms with Crippen molar-refractivity contribution in [2.75, 3.05) is 0 Å². The van der Waals surface area contributed by atoms with E-state index in [1.165, 1.54) is 12.1 Å². The first-order chi connectivity index (χ1) is 2.89. The van der Waals surface area contributed by atoms with Crippen molar-refractivity contribution in [1.29, 1.82) is 0 Å². The van der Waals surface area contributed by atoms with Gasteiger partial charge in [-0.05, 0) is 12.1 Å². The van der Waals surface area contributed by atoms with Crippen LogP contribution in [0.3, 0.4) is 0 Å². The summed E-state index contributed by atoms with van der Waals surface area (Å²) in [5, 5.41) is 0. The second kappa shape index (κ2) is 2.22. The van der Waals surface area contributed by atoms with Crippen LogP contribution >= 0.6 is 0 Å². The SMILES string of the molecule is C#C.O=c1cc1. The Kier molecular flexibility index (Phi) is 1.84. The average Bonchev–Trinajstić information content (AvgIpc) is 2.30. The molecule has 6 heavy (non-hydrogen) atoms. The van der Waals surface area contributed by atoms with Crippen molar-refractivity contribution >= 4 is 0 Å². The van der Waals surface area contributed by atoms with Gasteiger partial charge in [-0.1, -0.05) is 0 Å². The van der Waals surface area contributed by atoms with E-state index in [0.29, 0.717) is 0 Å². The molecule has 1 aromatic carbocycles. The first kappa shape index (κ1) is 4.97. The third-order valence-corrected chi connectivity index (χ3v) is 0.303. The lowest BCUT2D eigenvalue weighted by molar-refractivity contribution is 2.05. The lowest BCUT2D eigenvalue weighted by atomic mass is 11.1. The minimum Gasteiger partial charge on any atom is -0.290 e. The first-order valence-electron chi connectivity index (χ1n) is 1.45. The van der Waals surface area contributed by atoms with E-state index in [1.54, 1.807) is 0 Å². The molecule has 0 atom stereocenters. The number of terminal acetylenes is 1. The molecule has 0 N–H and O–H groups in total. The topological polar surface area (TPSA) is 17.1 Å². The molecular formula is C5H4O. The molecule has 1 nitrogen and oxygen atoms in total. The van der Waals surface area contributed by atoms with E-state index in [4.69, 9.17) is 0 Å². The Hall–Kier alpha value is -1.03. The molecule has 0 fully saturated rings. The van der Waals surface area contributed by atoms with Gasteiger partial charge in [0.15, 0.2) is 5.43 Å². The van der Waals surface area contributed by atoms with E-state index >= 15 is 0 Å². The number of rotatable bonds is 0. The predicted octanol–water partition coefficient (Wildman–Crippen LogP) is 0.172. The third-order valence-electron chi connectivity index (χ3n) is 0.303. The molecule has 0 spiro atoms. The van der Waals surface area contributed by atoms with Gasteiger partial charge in [0.05, 0.1) is 0 Å². The lowest BCUT2D eigenvalue weighted by Gasteiger charge is -1.12. The molecule has 0 aliphatic rings. The Balaban J connectivity index is 0.000000112. The quantitative estimate of drug-likeness (QED) is 0.406. The molecule has 0 heterocycles. The van der Waals surface area contributed by atoms with Gasteiger partial charge in [-0.2, -0.15) is 0 Å². The van der Waals surface area contributed by atoms with Gasteiger partial charge in [0.2, 0.25) is 0 Å². The minimum atomic E-state index is 0.167. The molecule has 0 saturated heterocycles. The summed E-state index contributed by atoms with van der Waals surface area (Å²) in [7, 11) is 0. The molecule has 0 radical (unpaired) electrons. The average molecular weight is 80.1 g/mol. The Morgan fingerprint density at radius 1 is 1.33 bits per heavy atom. The van der Waals surface area contributed by atoms with Gasteiger partial charge in [-0.15, -0.1) is 12.8 Å². The summed E-state index contributed by atoms with van der Waals surface area (Å²) in [4.78, 5) is 9.44. The van der Waals surface area contributed by atoms with Gasteiger partial charge >= 0.3 is 0 Å². The van der Waals surface area contributed by atoms with Gasteiger partial charge in [-0.25, -0.2) is 0 Å². The summed E-state index contributed by atoms with van der Waals surface area (Å²) in [5.41, 5.74) is 0.167. The smallest absolute Gasteiger partial charge is 0.178 e. The highest BCUT2D eigenvalue weighted by Crippen LogP contribution is 1.61. The fourth-order valence-electron chi connectivity index (χ4n) is 0.0340. The second-order valence-corrected chi connectivity index (χ2v) is 0.736. The highest BCUT2D eigenvalue weighted by Gasteiger charge is 1.78. The van der Waals surface area contributed by atoms with Crippen molar-refractivity contribution in [3.05, 3.63) is 22.4 Å². The van der Waals surface area contributed by atoms with Crippen molar-refractivity contribution in [2.45, 2.75) is 0 Å². The van der Waals surface area contributed by atoms with Crippen molar-refractivity contribution in [2.24, 2.45) is 0 Å². The van der Waals surface area contributed by atoms with E-state index in [1.807, 2.05) is 0 Å². The van der Waals surface area contributed by atoms with E-state index in [0.717, 1.165) is 0 Å². The Bertz CT molecular complexity index is 121. The normalized spacial score (nSPS) is 6.33. The van der Waals surface area contributed by atoms with Crippen molar-refractivity contribution in [1.82, 2.24) is 0 Å². The maximum Gasteiger partial charge on any atom is 0.178 e. The highest BCUT2D eigenvalue weighted by atomic mass is 16.1. The zero-order valence-electron chi connectivity index (χ0n) is 3.22. The van der Waals surface area contributed by atoms with Gasteiger partial charge in [0, 0.05) is 0 Å². The molecule has 1 rings (SSSR count). The molecule has 0 saturated carbocycles. The highest BCUT2D eigenvalue weighted by molar-refractivity contribution is 5.00. The van der Waals surface area contributed by atoms with Gasteiger partial charge in [0.1, 0.15) is 0 Å². The van der Waals surface area contributed by atoms with Crippen LogP contribution in [-0.2, 0) is 0 Å². The summed E-state index contributed by atoms with van der Waals surface area (Å²) in [5.74, 6) is 0. The van der Waals surface area contributed by atoms with E-state index in [9.17, 15) is 4.79 Å². The summed E-state index contributed by atoms with van der Waals surface area (Å²) in [6.07, 6.45) is 8.00. The summed E-state index contributed by atoms with van der Waals surface area (Å²) < 4.78 is 0. The fraction of sp³-hybridized carbons (Fsp3) is 0. The van der Waals surface area contributed by atoms with Crippen LogP contribution in [0.15, 0.2) is 16.9 Å². The van der Waals surface area contributed by atoms with E-state index < -0.39 is 0 Å². The third kappa shape index (κ3) is 2.97. The van der Waals surface area contributed by atoms with Crippen molar-refractivity contribution < 1.29 is 0 Å². The molecule has 0 amide bonds. The summed E-state index contributed by atoms with van der Waals surface area (Å²) in [6.45, 7) is 0. The van der Waals surface area contributed by atoms with E-state index in [2.05, 4.69) is 12.8 Å². The molecule has 0 bridgehead atoms. The van der Waals surface area contributed by atoms with Gasteiger partial charge < -0.3 is 0 Å². The molecule has 0 aliphatic heterocycles. The van der Waals surface area contributed by atoms with Crippen molar-refractivity contribution in [3.63, 3.8) is 0 Å². The molecule has 0 aliphatic carbocycles. The summed E-state index contributed by atoms with van der Waals surface area (Å²) >= 11 is 0. The lowest BCUT2D eigenvalue weighted by Crippen LogP contribution is -1.61. The molecule has 0 aromatic heterocycles. The molecule has 0 unspecified atom stereocenters. The standard InChI is InChI=1S/C3H2O.C2H2/c4-3-1-2-3;1-2/h1-2H;1-2H. The van der Waals surface area contributed by atoms with Gasteiger partial charge in [-0.3, -0.25) is 4.79 Å². The number of hydrogen-bond acceptors (Lipinski definition) is 1. The second-order valence-electron chi connectivity index (χ2n) is 0.736. The zero-order chi connectivity index (χ0) is 4.99. The predicted molar refractivity (Wildman–Crippen MR) is 25.0 cm³/mol. The minimum absolute atomic E-state index is 0.167. The maximum atomic E-state index is 9.44. The maximum absolute atomic E-state index is 9.44. The zero-order valence-corrected chi connectivity index (χ0v) is 3.22. The number of hydrogen-bond donors (Lipinski definition) is 0. The molecule has 30 valence electrons. The van der Waals surface area contributed by atoms with Crippen LogP contribution in [0, 0.1) is 12.8 Å². The van der Waals surface area contributed by atoms with Crippen LogP contribution in [0.2, 0.25) is 0 Å². The monoisotopic (exact) mass is 80.0 g/mol. The van der Waals surface area contributed by atoms with Crippen LogP contribution in [-0.4, -0.2) is 0 Å². The molecule has 1 heteroatoms. The van der Waals surface area contributed by atoms with Crippen LogP contribution in [0.25, 0.3) is 0 Å². The fourth-order valence-corrected chi connectivity index (χ4v) is 0.0340.